The van der Waals surface area contributed by atoms with Crippen molar-refractivity contribution in [3.63, 3.8) is 0 Å². The standard InChI is InChI=1S/C26H26N6O2/c1-32(16-18-8-10-27-11-9-18)26-23-12-19(20-14-28-29-15-20)6-7-24(23)30-25(31-26)17-34-22-5-3-4-21(13-22)33-2/h3-14,20,29H,15-17H2,1-2H3. The summed E-state index contributed by atoms with van der Waals surface area (Å²) in [6.07, 6.45) is 5.55. The first-order valence-corrected chi connectivity index (χ1v) is 11.1. The predicted octanol–water partition coefficient (Wildman–Crippen LogP) is 3.92. The Morgan fingerprint density at radius 1 is 1.03 bits per heavy atom. The molecule has 0 aliphatic carbocycles. The van der Waals surface area contributed by atoms with E-state index < -0.39 is 0 Å². The van der Waals surface area contributed by atoms with Crippen molar-refractivity contribution in [1.82, 2.24) is 20.4 Å². The highest BCUT2D eigenvalue weighted by molar-refractivity contribution is 5.91. The van der Waals surface area contributed by atoms with E-state index in [9.17, 15) is 0 Å². The lowest BCUT2D eigenvalue weighted by atomic mass is 9.99. The Bertz CT molecular complexity index is 1310. The SMILES string of the molecule is COc1cccc(OCc2nc(N(C)Cc3ccncc3)c3cc(C4C=NNC4)ccc3n2)c1. The van der Waals surface area contributed by atoms with Crippen LogP contribution in [0, 0.1) is 0 Å². The average Bonchev–Trinajstić information content (AvgIpc) is 3.42. The zero-order chi connectivity index (χ0) is 23.3. The second-order valence-electron chi connectivity index (χ2n) is 8.17. The molecule has 1 unspecified atom stereocenters. The maximum absolute atomic E-state index is 5.98. The molecule has 8 heteroatoms. The molecule has 3 heterocycles. The van der Waals surface area contributed by atoms with Crippen molar-refractivity contribution in [3.05, 3.63) is 83.9 Å². The summed E-state index contributed by atoms with van der Waals surface area (Å²) >= 11 is 0. The first kappa shape index (κ1) is 21.6. The molecule has 172 valence electrons. The number of hydrogen-bond acceptors (Lipinski definition) is 8. The van der Waals surface area contributed by atoms with Gasteiger partial charge in [0.05, 0.1) is 12.6 Å². The minimum atomic E-state index is 0.235. The third-order valence-corrected chi connectivity index (χ3v) is 5.77. The molecule has 0 saturated carbocycles. The lowest BCUT2D eigenvalue weighted by Gasteiger charge is -2.21. The van der Waals surface area contributed by atoms with Gasteiger partial charge in [0.25, 0.3) is 0 Å². The van der Waals surface area contributed by atoms with Crippen LogP contribution in [0.1, 0.15) is 22.9 Å². The number of anilines is 1. The number of rotatable bonds is 8. The highest BCUT2D eigenvalue weighted by atomic mass is 16.5. The fourth-order valence-corrected chi connectivity index (χ4v) is 3.99. The summed E-state index contributed by atoms with van der Waals surface area (Å²) in [5.41, 5.74) is 6.25. The second kappa shape index (κ2) is 9.74. The summed E-state index contributed by atoms with van der Waals surface area (Å²) in [7, 11) is 3.68. The van der Waals surface area contributed by atoms with Crippen LogP contribution in [0.2, 0.25) is 0 Å². The number of hydrogen-bond donors (Lipinski definition) is 1. The van der Waals surface area contributed by atoms with Crippen molar-refractivity contribution in [1.29, 1.82) is 0 Å². The Morgan fingerprint density at radius 3 is 2.68 bits per heavy atom. The van der Waals surface area contributed by atoms with E-state index in [0.29, 0.717) is 18.1 Å². The van der Waals surface area contributed by atoms with Crippen molar-refractivity contribution in [3.8, 4) is 11.5 Å². The summed E-state index contributed by atoms with van der Waals surface area (Å²) in [5, 5.41) is 5.17. The van der Waals surface area contributed by atoms with Crippen LogP contribution in [0.5, 0.6) is 11.5 Å². The molecule has 0 amide bonds. The molecule has 0 saturated heterocycles. The van der Waals surface area contributed by atoms with Crippen LogP contribution in [0.3, 0.4) is 0 Å². The van der Waals surface area contributed by atoms with E-state index in [1.165, 1.54) is 5.56 Å². The van der Waals surface area contributed by atoms with E-state index in [1.54, 1.807) is 19.5 Å². The topological polar surface area (TPSA) is 84.8 Å². The first-order chi connectivity index (χ1) is 16.7. The predicted molar refractivity (Wildman–Crippen MR) is 132 cm³/mol. The molecule has 1 aliphatic heterocycles. The Labute approximate surface area is 198 Å². The lowest BCUT2D eigenvalue weighted by Crippen LogP contribution is -2.20. The van der Waals surface area contributed by atoms with Crippen molar-refractivity contribution in [2.24, 2.45) is 5.10 Å². The van der Waals surface area contributed by atoms with E-state index in [-0.39, 0.29) is 12.5 Å². The number of methoxy groups -OCH3 is 1. The molecular formula is C26H26N6O2. The van der Waals surface area contributed by atoms with Crippen LogP contribution < -0.4 is 19.8 Å². The van der Waals surface area contributed by atoms with Crippen LogP contribution in [0.4, 0.5) is 5.82 Å². The van der Waals surface area contributed by atoms with Gasteiger partial charge in [0.2, 0.25) is 0 Å². The molecule has 0 bridgehead atoms. The molecule has 8 nitrogen and oxygen atoms in total. The average molecular weight is 455 g/mol. The van der Waals surface area contributed by atoms with Gasteiger partial charge >= 0.3 is 0 Å². The second-order valence-corrected chi connectivity index (χ2v) is 8.17. The maximum Gasteiger partial charge on any atom is 0.168 e. The van der Waals surface area contributed by atoms with E-state index in [0.717, 1.165) is 34.6 Å². The summed E-state index contributed by atoms with van der Waals surface area (Å²) in [6.45, 7) is 1.74. The van der Waals surface area contributed by atoms with Crippen LogP contribution in [0.15, 0.2) is 72.1 Å². The van der Waals surface area contributed by atoms with E-state index >= 15 is 0 Å². The van der Waals surface area contributed by atoms with Crippen LogP contribution >= 0.6 is 0 Å². The minimum absolute atomic E-state index is 0.235. The zero-order valence-corrected chi connectivity index (χ0v) is 19.2. The zero-order valence-electron chi connectivity index (χ0n) is 19.2. The minimum Gasteiger partial charge on any atom is -0.497 e. The largest absolute Gasteiger partial charge is 0.497 e. The summed E-state index contributed by atoms with van der Waals surface area (Å²) in [5.74, 6) is 3.16. The fourth-order valence-electron chi connectivity index (χ4n) is 3.99. The van der Waals surface area contributed by atoms with E-state index in [1.807, 2.05) is 49.7 Å². The summed E-state index contributed by atoms with van der Waals surface area (Å²) < 4.78 is 11.3. The first-order valence-electron chi connectivity index (χ1n) is 11.1. The van der Waals surface area contributed by atoms with E-state index in [4.69, 9.17) is 19.4 Å². The number of nitrogens with zero attached hydrogens (tertiary/aromatic N) is 5. The van der Waals surface area contributed by atoms with Gasteiger partial charge in [0, 0.05) is 56.1 Å². The number of aromatic nitrogens is 3. The third-order valence-electron chi connectivity index (χ3n) is 5.77. The number of benzene rings is 2. The quantitative estimate of drug-likeness (QED) is 0.432. The number of hydrazone groups is 1. The molecule has 1 N–H and O–H groups in total. The van der Waals surface area contributed by atoms with Crippen LogP contribution in [-0.4, -0.2) is 41.9 Å². The van der Waals surface area contributed by atoms with Crippen molar-refractivity contribution in [2.75, 3.05) is 25.6 Å². The number of pyridine rings is 1. The van der Waals surface area contributed by atoms with Crippen molar-refractivity contribution in [2.45, 2.75) is 19.1 Å². The molecule has 0 radical (unpaired) electrons. The van der Waals surface area contributed by atoms with Gasteiger partial charge in [-0.1, -0.05) is 12.1 Å². The van der Waals surface area contributed by atoms with Crippen molar-refractivity contribution >= 4 is 22.9 Å². The van der Waals surface area contributed by atoms with Gasteiger partial charge in [-0.2, -0.15) is 5.10 Å². The normalized spacial score (nSPS) is 14.7. The molecular weight excluding hydrogens is 428 g/mol. The molecule has 2 aromatic carbocycles. The molecule has 4 aromatic rings. The maximum atomic E-state index is 5.98. The van der Waals surface area contributed by atoms with Gasteiger partial charge < -0.3 is 19.8 Å². The smallest absolute Gasteiger partial charge is 0.168 e. The number of nitrogens with one attached hydrogen (secondary N) is 1. The van der Waals surface area contributed by atoms with Gasteiger partial charge in [-0.3, -0.25) is 4.98 Å². The van der Waals surface area contributed by atoms with Crippen molar-refractivity contribution < 1.29 is 9.47 Å². The Hall–Kier alpha value is -4.20. The monoisotopic (exact) mass is 454 g/mol. The molecule has 34 heavy (non-hydrogen) atoms. The molecule has 2 aromatic heterocycles. The highest BCUT2D eigenvalue weighted by Gasteiger charge is 2.18. The van der Waals surface area contributed by atoms with Crippen LogP contribution in [-0.2, 0) is 13.2 Å². The Balaban J connectivity index is 1.49. The molecule has 0 fully saturated rings. The van der Waals surface area contributed by atoms with Crippen LogP contribution in [0.25, 0.3) is 10.9 Å². The Kier molecular flexibility index (Phi) is 6.20. The van der Waals surface area contributed by atoms with Gasteiger partial charge in [-0.15, -0.1) is 0 Å². The van der Waals surface area contributed by atoms with Gasteiger partial charge in [-0.05, 0) is 47.5 Å². The Morgan fingerprint density at radius 2 is 1.88 bits per heavy atom. The highest BCUT2D eigenvalue weighted by Crippen LogP contribution is 2.29. The fraction of sp³-hybridized carbons (Fsp3) is 0.231. The van der Waals surface area contributed by atoms with Gasteiger partial charge in [0.1, 0.15) is 23.9 Å². The summed E-state index contributed by atoms with van der Waals surface area (Å²) in [6, 6.07) is 17.9. The van der Waals surface area contributed by atoms with Gasteiger partial charge in [-0.25, -0.2) is 9.97 Å². The molecule has 1 aliphatic rings. The third kappa shape index (κ3) is 4.76. The lowest BCUT2D eigenvalue weighted by molar-refractivity contribution is 0.294. The van der Waals surface area contributed by atoms with E-state index in [2.05, 4.69) is 38.6 Å². The van der Waals surface area contributed by atoms with Gasteiger partial charge in [0.15, 0.2) is 5.82 Å². The number of ether oxygens (including phenoxy) is 2. The molecule has 0 spiro atoms. The molecule has 5 rings (SSSR count). The summed E-state index contributed by atoms with van der Waals surface area (Å²) in [4.78, 5) is 16.0. The number of fused-ring (bicyclic) bond motifs is 1. The molecule has 1 atom stereocenters.